The van der Waals surface area contributed by atoms with Crippen molar-refractivity contribution in [2.45, 2.75) is 40.5 Å². The van der Waals surface area contributed by atoms with Gasteiger partial charge in [-0.15, -0.1) is 0 Å². The molecule has 0 unspecified atom stereocenters. The molecule has 6 rings (SSSR count). The molecule has 45 heavy (non-hydrogen) atoms. The molecule has 6 aromatic rings. The van der Waals surface area contributed by atoms with Crippen molar-refractivity contribution in [2.75, 3.05) is 14.2 Å². The molecule has 0 radical (unpaired) electrons. The van der Waals surface area contributed by atoms with E-state index in [1.165, 1.54) is 0 Å². The number of rotatable bonds is 11. The van der Waals surface area contributed by atoms with E-state index in [0.717, 1.165) is 22.5 Å². The highest BCUT2D eigenvalue weighted by Crippen LogP contribution is 2.34. The Balaban J connectivity index is 1.32. The minimum atomic E-state index is -0.279. The van der Waals surface area contributed by atoms with Crippen molar-refractivity contribution in [2.24, 2.45) is 0 Å². The maximum absolute atomic E-state index is 13.6. The van der Waals surface area contributed by atoms with E-state index >= 15 is 0 Å². The molecule has 4 heterocycles. The maximum Gasteiger partial charge on any atom is 0.275 e. The van der Waals surface area contributed by atoms with Crippen molar-refractivity contribution in [3.05, 3.63) is 95.1 Å². The summed E-state index contributed by atoms with van der Waals surface area (Å²) in [6.45, 7) is 6.93. The molecule has 0 saturated heterocycles. The minimum Gasteiger partial charge on any atom is -0.497 e. The Hall–Kier alpha value is -5.65. The first-order valence-electron chi connectivity index (χ1n) is 14.5. The van der Waals surface area contributed by atoms with Crippen LogP contribution in [0.15, 0.2) is 71.5 Å². The number of aromatic nitrogens is 6. The third-order valence-corrected chi connectivity index (χ3v) is 7.43. The van der Waals surface area contributed by atoms with Gasteiger partial charge in [-0.05, 0) is 50.6 Å². The Bertz CT molecular complexity index is 1980. The topological polar surface area (TPSA) is 131 Å². The second-order valence-electron chi connectivity index (χ2n) is 10.4. The van der Waals surface area contributed by atoms with Crippen molar-refractivity contribution in [1.29, 1.82) is 0 Å². The van der Waals surface area contributed by atoms with Gasteiger partial charge in [0.2, 0.25) is 5.82 Å². The Morgan fingerprint density at radius 2 is 1.84 bits per heavy atom. The molecule has 12 nitrogen and oxygen atoms in total. The van der Waals surface area contributed by atoms with Crippen molar-refractivity contribution in [3.8, 4) is 40.4 Å². The standard InChI is InChI=1S/C33H33N7O5/c1-6-40-29(30(21(3)37-40)44-18-22-10-8-7-9-11-22)31-36-33(45-38-31)27-16-25(26-14-20(2)35-19-39(26)27)32(41)34-17-23-12-13-24(42-4)15-28(23)43-5/h7-16,19H,6,17-18H2,1-5H3,(H,34,41). The van der Waals surface area contributed by atoms with Crippen LogP contribution in [0.3, 0.4) is 0 Å². The van der Waals surface area contributed by atoms with E-state index in [0.29, 0.717) is 58.7 Å². The largest absolute Gasteiger partial charge is 0.497 e. The first kappa shape index (κ1) is 29.4. The Morgan fingerprint density at radius 1 is 1.02 bits per heavy atom. The molecule has 1 N–H and O–H groups in total. The molecule has 0 spiro atoms. The molecular weight excluding hydrogens is 574 g/mol. The number of aryl methyl sites for hydroxylation is 3. The second kappa shape index (κ2) is 12.5. The van der Waals surface area contributed by atoms with Gasteiger partial charge in [-0.25, -0.2) is 4.98 Å². The number of carbonyl (C=O) groups is 1. The fraction of sp³-hybridized carbons (Fsp3) is 0.242. The van der Waals surface area contributed by atoms with Gasteiger partial charge in [0.1, 0.15) is 35.8 Å². The Kier molecular flexibility index (Phi) is 8.19. The lowest BCUT2D eigenvalue weighted by molar-refractivity contribution is 0.0952. The Morgan fingerprint density at radius 3 is 2.60 bits per heavy atom. The van der Waals surface area contributed by atoms with Crippen LogP contribution in [0.1, 0.15) is 39.8 Å². The zero-order valence-corrected chi connectivity index (χ0v) is 25.7. The molecule has 2 aromatic carbocycles. The highest BCUT2D eigenvalue weighted by molar-refractivity contribution is 6.02. The molecule has 12 heteroatoms. The minimum absolute atomic E-state index is 0.219. The van der Waals surface area contributed by atoms with Gasteiger partial charge >= 0.3 is 0 Å². The molecule has 0 saturated carbocycles. The Labute approximate surface area is 259 Å². The van der Waals surface area contributed by atoms with E-state index in [-0.39, 0.29) is 18.3 Å². The number of ether oxygens (including phenoxy) is 3. The average molecular weight is 608 g/mol. The zero-order chi connectivity index (χ0) is 31.5. The molecule has 1 amide bonds. The van der Waals surface area contributed by atoms with Crippen LogP contribution < -0.4 is 19.5 Å². The quantitative estimate of drug-likeness (QED) is 0.205. The number of fused-ring (bicyclic) bond motifs is 1. The monoisotopic (exact) mass is 607 g/mol. The number of carbonyl (C=O) groups excluding carboxylic acids is 1. The van der Waals surface area contributed by atoms with Crippen molar-refractivity contribution < 1.29 is 23.5 Å². The predicted octanol–water partition coefficient (Wildman–Crippen LogP) is 5.41. The maximum atomic E-state index is 13.6. The zero-order valence-electron chi connectivity index (χ0n) is 25.7. The number of benzene rings is 2. The van der Waals surface area contributed by atoms with Gasteiger partial charge in [0.25, 0.3) is 11.8 Å². The van der Waals surface area contributed by atoms with Crippen LogP contribution in [0.2, 0.25) is 0 Å². The van der Waals surface area contributed by atoms with E-state index in [1.54, 1.807) is 41.8 Å². The summed E-state index contributed by atoms with van der Waals surface area (Å²) in [6, 6.07) is 18.9. The number of nitrogens with zero attached hydrogens (tertiary/aromatic N) is 6. The predicted molar refractivity (Wildman–Crippen MR) is 166 cm³/mol. The SMILES string of the molecule is CCn1nc(C)c(OCc2ccccc2)c1-c1noc(-c2cc(C(=O)NCc3ccc(OC)cc3OC)c3cc(C)ncn23)n1. The van der Waals surface area contributed by atoms with Crippen LogP contribution >= 0.6 is 0 Å². The molecule has 230 valence electrons. The third kappa shape index (κ3) is 5.81. The van der Waals surface area contributed by atoms with E-state index in [9.17, 15) is 4.79 Å². The highest BCUT2D eigenvalue weighted by Gasteiger charge is 2.26. The van der Waals surface area contributed by atoms with Gasteiger partial charge in [-0.2, -0.15) is 10.1 Å². The molecule has 4 aromatic heterocycles. The summed E-state index contributed by atoms with van der Waals surface area (Å²) < 4.78 is 26.3. The van der Waals surface area contributed by atoms with Gasteiger partial charge in [0, 0.05) is 30.4 Å². The first-order chi connectivity index (χ1) is 21.9. The van der Waals surface area contributed by atoms with Crippen LogP contribution in [-0.4, -0.2) is 49.4 Å². The molecule has 0 aliphatic rings. The lowest BCUT2D eigenvalue weighted by Crippen LogP contribution is -2.23. The van der Waals surface area contributed by atoms with E-state index in [2.05, 4.69) is 20.6 Å². The summed E-state index contributed by atoms with van der Waals surface area (Å²) in [5, 5.41) is 11.9. The molecule has 0 aliphatic heterocycles. The summed E-state index contributed by atoms with van der Waals surface area (Å²) in [7, 11) is 3.17. The van der Waals surface area contributed by atoms with Crippen LogP contribution in [0.4, 0.5) is 0 Å². The first-order valence-corrected chi connectivity index (χ1v) is 14.5. The molecule has 0 atom stereocenters. The van der Waals surface area contributed by atoms with Gasteiger partial charge in [0.15, 0.2) is 11.4 Å². The van der Waals surface area contributed by atoms with Crippen molar-refractivity contribution in [3.63, 3.8) is 0 Å². The molecular formula is C33H33N7O5. The summed E-state index contributed by atoms with van der Waals surface area (Å²) in [5.74, 6) is 2.13. The van der Waals surface area contributed by atoms with Crippen molar-refractivity contribution >= 4 is 11.4 Å². The third-order valence-electron chi connectivity index (χ3n) is 7.43. The summed E-state index contributed by atoms with van der Waals surface area (Å²) in [4.78, 5) is 22.7. The van der Waals surface area contributed by atoms with Crippen LogP contribution in [-0.2, 0) is 19.7 Å². The van der Waals surface area contributed by atoms with Crippen LogP contribution in [0, 0.1) is 13.8 Å². The lowest BCUT2D eigenvalue weighted by atomic mass is 10.1. The van der Waals surface area contributed by atoms with Gasteiger partial charge in [-0.3, -0.25) is 13.9 Å². The summed E-state index contributed by atoms with van der Waals surface area (Å²) >= 11 is 0. The number of hydrogen-bond donors (Lipinski definition) is 1. The molecule has 0 aliphatic carbocycles. The van der Waals surface area contributed by atoms with Gasteiger partial charge in [-0.1, -0.05) is 35.5 Å². The normalized spacial score (nSPS) is 11.1. The molecule has 0 bridgehead atoms. The average Bonchev–Trinajstić information content (AvgIpc) is 3.78. The fourth-order valence-electron chi connectivity index (χ4n) is 5.15. The summed E-state index contributed by atoms with van der Waals surface area (Å²) in [5.41, 5.74) is 5.53. The van der Waals surface area contributed by atoms with Crippen molar-refractivity contribution in [1.82, 2.24) is 34.6 Å². The number of hydrogen-bond acceptors (Lipinski definition) is 9. The number of methoxy groups -OCH3 is 2. The van der Waals surface area contributed by atoms with Gasteiger partial charge < -0.3 is 24.1 Å². The van der Waals surface area contributed by atoms with E-state index in [1.807, 2.05) is 69.3 Å². The van der Waals surface area contributed by atoms with Crippen LogP contribution in [0.25, 0.3) is 28.6 Å². The van der Waals surface area contributed by atoms with Gasteiger partial charge in [0.05, 0.1) is 25.3 Å². The fourth-order valence-corrected chi connectivity index (χ4v) is 5.15. The number of amides is 1. The summed E-state index contributed by atoms with van der Waals surface area (Å²) in [6.07, 6.45) is 1.64. The smallest absolute Gasteiger partial charge is 0.275 e. The number of nitrogens with one attached hydrogen (secondary N) is 1. The van der Waals surface area contributed by atoms with E-state index < -0.39 is 0 Å². The highest BCUT2D eigenvalue weighted by atomic mass is 16.5. The lowest BCUT2D eigenvalue weighted by Gasteiger charge is -2.11. The van der Waals surface area contributed by atoms with Crippen LogP contribution in [0.5, 0.6) is 17.2 Å². The second-order valence-corrected chi connectivity index (χ2v) is 10.4. The van der Waals surface area contributed by atoms with E-state index in [4.69, 9.17) is 23.7 Å². The molecule has 0 fully saturated rings.